The summed E-state index contributed by atoms with van der Waals surface area (Å²) in [6.45, 7) is 5.60. The number of nitrogens with one attached hydrogen (secondary N) is 2. The summed E-state index contributed by atoms with van der Waals surface area (Å²) in [5, 5.41) is 16.8. The SMILES string of the molecule is CC[C@H](C)[C@H](CO)N1C(=O)[C@@H]2[C@H](C(=O)Nc3ccccc3)[C@@H]3CCC2(S3)C1C(=O)Nc1c(C)cccc1Cl. The third kappa shape index (κ3) is 4.31. The van der Waals surface area contributed by atoms with Crippen LogP contribution in [0.1, 0.15) is 38.7 Å². The Morgan fingerprint density at radius 1 is 1.16 bits per heavy atom. The number of halogens is 1. The van der Waals surface area contributed by atoms with Crippen molar-refractivity contribution >= 4 is 52.5 Å². The Balaban J connectivity index is 1.54. The van der Waals surface area contributed by atoms with Gasteiger partial charge in [0.25, 0.3) is 0 Å². The molecule has 0 aromatic heterocycles. The second-order valence-corrected chi connectivity index (χ2v) is 12.7. The van der Waals surface area contributed by atoms with E-state index in [0.717, 1.165) is 18.4 Å². The number of aryl methyl sites for hydroxylation is 1. The quantitative estimate of drug-likeness (QED) is 0.437. The van der Waals surface area contributed by atoms with Crippen molar-refractivity contribution in [2.24, 2.45) is 17.8 Å². The highest BCUT2D eigenvalue weighted by Crippen LogP contribution is 2.67. The molecule has 3 heterocycles. The summed E-state index contributed by atoms with van der Waals surface area (Å²) in [5.41, 5.74) is 2.02. The van der Waals surface area contributed by atoms with E-state index in [1.807, 2.05) is 63.2 Å². The van der Waals surface area contributed by atoms with Crippen molar-refractivity contribution in [3.63, 3.8) is 0 Å². The predicted molar refractivity (Wildman–Crippen MR) is 151 cm³/mol. The minimum atomic E-state index is -0.827. The minimum Gasteiger partial charge on any atom is -0.394 e. The molecule has 1 spiro atoms. The second kappa shape index (κ2) is 10.5. The normalized spacial score (nSPS) is 29.2. The van der Waals surface area contributed by atoms with E-state index in [1.165, 1.54) is 0 Å². The van der Waals surface area contributed by atoms with Crippen molar-refractivity contribution in [3.05, 3.63) is 59.1 Å². The molecule has 3 saturated heterocycles. The van der Waals surface area contributed by atoms with Crippen LogP contribution < -0.4 is 10.6 Å². The summed E-state index contributed by atoms with van der Waals surface area (Å²) >= 11 is 8.05. The molecule has 2 bridgehead atoms. The van der Waals surface area contributed by atoms with E-state index in [9.17, 15) is 19.5 Å². The molecule has 3 aliphatic heterocycles. The third-order valence-corrected chi connectivity index (χ3v) is 10.9. The number of nitrogens with zero attached hydrogens (tertiary/aromatic N) is 1. The Labute approximate surface area is 232 Å². The summed E-state index contributed by atoms with van der Waals surface area (Å²) in [6.07, 6.45) is 2.14. The fraction of sp³-hybridized carbons (Fsp3) is 0.483. The van der Waals surface area contributed by atoms with E-state index in [-0.39, 0.29) is 35.5 Å². The topological polar surface area (TPSA) is 98.7 Å². The first-order valence-corrected chi connectivity index (χ1v) is 14.5. The number of anilines is 2. The zero-order valence-electron chi connectivity index (χ0n) is 21.8. The van der Waals surface area contributed by atoms with Gasteiger partial charge in [-0.15, -0.1) is 11.8 Å². The molecule has 5 rings (SSSR count). The van der Waals surface area contributed by atoms with Gasteiger partial charge in [-0.25, -0.2) is 0 Å². The average molecular weight is 556 g/mol. The molecule has 0 saturated carbocycles. The Hall–Kier alpha value is -2.55. The highest BCUT2D eigenvalue weighted by molar-refractivity contribution is 8.02. The Morgan fingerprint density at radius 3 is 2.55 bits per heavy atom. The first-order chi connectivity index (χ1) is 18.2. The van der Waals surface area contributed by atoms with Crippen LogP contribution in [-0.4, -0.2) is 56.4 Å². The minimum absolute atomic E-state index is 0.0321. The van der Waals surface area contributed by atoms with Crippen molar-refractivity contribution in [1.82, 2.24) is 4.90 Å². The molecule has 3 N–H and O–H groups in total. The summed E-state index contributed by atoms with van der Waals surface area (Å²) < 4.78 is -0.749. The highest BCUT2D eigenvalue weighted by Gasteiger charge is 2.74. The van der Waals surface area contributed by atoms with Gasteiger partial charge >= 0.3 is 0 Å². The molecule has 2 aromatic carbocycles. The molecule has 7 nitrogen and oxygen atoms in total. The number of hydrogen-bond donors (Lipinski definition) is 3. The van der Waals surface area contributed by atoms with Crippen LogP contribution in [0.3, 0.4) is 0 Å². The molecule has 38 heavy (non-hydrogen) atoms. The Bertz CT molecular complexity index is 1220. The predicted octanol–water partition coefficient (Wildman–Crippen LogP) is 4.72. The van der Waals surface area contributed by atoms with Crippen molar-refractivity contribution in [3.8, 4) is 0 Å². The summed E-state index contributed by atoms with van der Waals surface area (Å²) in [7, 11) is 0. The highest BCUT2D eigenvalue weighted by atomic mass is 35.5. The van der Waals surface area contributed by atoms with Crippen LogP contribution in [0.25, 0.3) is 0 Å². The monoisotopic (exact) mass is 555 g/mol. The van der Waals surface area contributed by atoms with Crippen LogP contribution in [0.15, 0.2) is 48.5 Å². The summed E-state index contributed by atoms with van der Waals surface area (Å²) in [5.74, 6) is -1.97. The van der Waals surface area contributed by atoms with Gasteiger partial charge in [0.2, 0.25) is 17.7 Å². The zero-order chi connectivity index (χ0) is 27.2. The van der Waals surface area contributed by atoms with Gasteiger partial charge in [-0.3, -0.25) is 14.4 Å². The Kier molecular flexibility index (Phi) is 7.50. The number of rotatable bonds is 8. The number of amides is 3. The lowest BCUT2D eigenvalue weighted by molar-refractivity contribution is -0.142. The van der Waals surface area contributed by atoms with Gasteiger partial charge in [0, 0.05) is 10.9 Å². The second-order valence-electron chi connectivity index (χ2n) is 10.7. The van der Waals surface area contributed by atoms with Crippen molar-refractivity contribution in [2.75, 3.05) is 17.2 Å². The molecule has 7 atom stereocenters. The first-order valence-electron chi connectivity index (χ1n) is 13.3. The fourth-order valence-electron chi connectivity index (χ4n) is 6.59. The summed E-state index contributed by atoms with van der Waals surface area (Å²) in [4.78, 5) is 43.6. The lowest BCUT2D eigenvalue weighted by Gasteiger charge is -2.39. The van der Waals surface area contributed by atoms with Gasteiger partial charge in [0.05, 0.1) is 39.9 Å². The van der Waals surface area contributed by atoms with Gasteiger partial charge in [-0.05, 0) is 49.4 Å². The number of aliphatic hydroxyl groups is 1. The first kappa shape index (κ1) is 27.0. The van der Waals surface area contributed by atoms with Crippen LogP contribution in [0.2, 0.25) is 5.02 Å². The molecule has 0 aliphatic carbocycles. The Morgan fingerprint density at radius 2 is 1.89 bits per heavy atom. The van der Waals surface area contributed by atoms with E-state index in [0.29, 0.717) is 22.8 Å². The average Bonchev–Trinajstić information content (AvgIpc) is 3.55. The third-order valence-electron chi connectivity index (χ3n) is 8.65. The van der Waals surface area contributed by atoms with E-state index in [1.54, 1.807) is 22.7 Å². The van der Waals surface area contributed by atoms with Gasteiger partial charge < -0.3 is 20.6 Å². The number of carbonyl (C=O) groups is 3. The number of aliphatic hydroxyl groups excluding tert-OH is 1. The van der Waals surface area contributed by atoms with Crippen molar-refractivity contribution in [1.29, 1.82) is 0 Å². The number of thioether (sulfide) groups is 1. The van der Waals surface area contributed by atoms with Crippen LogP contribution in [0.5, 0.6) is 0 Å². The largest absolute Gasteiger partial charge is 0.394 e. The molecule has 3 fully saturated rings. The van der Waals surface area contributed by atoms with Crippen LogP contribution in [0.4, 0.5) is 11.4 Å². The standard InChI is InChI=1S/C29H34ClN3O4S/c1-4-16(2)20(15-34)33-25(27(36)32-24-17(3)9-8-12-19(24)30)29-14-13-21(38-29)22(23(29)28(33)37)26(35)31-18-10-6-5-7-11-18/h5-12,16,20-23,25,34H,4,13-15H2,1-3H3,(H,31,35)(H,32,36)/t16-,20-,21-,22+,23-,25?,29?/m0/s1. The number of para-hydroxylation sites is 2. The van der Waals surface area contributed by atoms with E-state index < -0.39 is 28.7 Å². The summed E-state index contributed by atoms with van der Waals surface area (Å²) in [6, 6.07) is 13.3. The molecule has 2 aromatic rings. The number of carbonyl (C=O) groups excluding carboxylic acids is 3. The number of fused-ring (bicyclic) bond motifs is 1. The maximum Gasteiger partial charge on any atom is 0.248 e. The van der Waals surface area contributed by atoms with Crippen LogP contribution in [-0.2, 0) is 14.4 Å². The van der Waals surface area contributed by atoms with E-state index in [4.69, 9.17) is 11.6 Å². The van der Waals surface area contributed by atoms with Gasteiger partial charge in [-0.2, -0.15) is 0 Å². The molecule has 3 amide bonds. The molecule has 2 unspecified atom stereocenters. The lowest BCUT2D eigenvalue weighted by atomic mass is 9.70. The number of benzene rings is 2. The molecule has 202 valence electrons. The van der Waals surface area contributed by atoms with Crippen LogP contribution >= 0.6 is 23.4 Å². The molecular formula is C29H34ClN3O4S. The number of likely N-dealkylation sites (tertiary alicyclic amines) is 1. The van der Waals surface area contributed by atoms with E-state index in [2.05, 4.69) is 10.6 Å². The van der Waals surface area contributed by atoms with Crippen molar-refractivity contribution in [2.45, 2.75) is 62.1 Å². The van der Waals surface area contributed by atoms with Gasteiger partial charge in [0.15, 0.2) is 0 Å². The van der Waals surface area contributed by atoms with Crippen LogP contribution in [0, 0.1) is 24.7 Å². The zero-order valence-corrected chi connectivity index (χ0v) is 23.4. The molecule has 9 heteroatoms. The molecule has 0 radical (unpaired) electrons. The van der Waals surface area contributed by atoms with Gasteiger partial charge in [-0.1, -0.05) is 62.2 Å². The van der Waals surface area contributed by atoms with Crippen molar-refractivity contribution < 1.29 is 19.5 Å². The maximum absolute atomic E-state index is 14.3. The smallest absolute Gasteiger partial charge is 0.248 e. The number of hydrogen-bond acceptors (Lipinski definition) is 5. The molecular weight excluding hydrogens is 522 g/mol. The molecule has 3 aliphatic rings. The lowest BCUT2D eigenvalue weighted by Crippen LogP contribution is -2.56. The maximum atomic E-state index is 14.3. The van der Waals surface area contributed by atoms with E-state index >= 15 is 0 Å². The fourth-order valence-corrected chi connectivity index (χ4v) is 9.07. The van der Waals surface area contributed by atoms with Gasteiger partial charge in [0.1, 0.15) is 6.04 Å².